The van der Waals surface area contributed by atoms with Gasteiger partial charge in [0.1, 0.15) is 19.6 Å². The van der Waals surface area contributed by atoms with Gasteiger partial charge in [-0.1, -0.05) is 25.7 Å². The lowest BCUT2D eigenvalue weighted by Gasteiger charge is -2.36. The van der Waals surface area contributed by atoms with Crippen LogP contribution in [0.1, 0.15) is 57.8 Å². The molecule has 32 heavy (non-hydrogen) atoms. The van der Waals surface area contributed by atoms with Crippen molar-refractivity contribution in [3.05, 3.63) is 0 Å². The third kappa shape index (κ3) is 5.85. The van der Waals surface area contributed by atoms with Crippen LogP contribution in [0.2, 0.25) is 0 Å². The van der Waals surface area contributed by atoms with Gasteiger partial charge < -0.3 is 15.3 Å². The molecule has 3 aliphatic rings. The van der Waals surface area contributed by atoms with Gasteiger partial charge in [0, 0.05) is 13.1 Å². The minimum atomic E-state index is -1.29. The molecular formula is C22H37N4O6+. The molecule has 10 nitrogen and oxygen atoms in total. The monoisotopic (exact) mass is 453 g/mol. The molecule has 4 atom stereocenters. The summed E-state index contributed by atoms with van der Waals surface area (Å²) in [5.41, 5.74) is 0. The average molecular weight is 454 g/mol. The van der Waals surface area contributed by atoms with Crippen LogP contribution in [0, 0.1) is 11.8 Å². The quantitative estimate of drug-likeness (QED) is 0.220. The first-order valence-corrected chi connectivity index (χ1v) is 11.8. The molecule has 10 heteroatoms. The highest BCUT2D eigenvalue weighted by molar-refractivity contribution is 5.97. The second-order valence-electron chi connectivity index (χ2n) is 9.77. The van der Waals surface area contributed by atoms with Crippen LogP contribution in [0.5, 0.6) is 0 Å². The molecule has 4 amide bonds. The number of nitrogens with zero attached hydrogens (tertiary/aromatic N) is 3. The van der Waals surface area contributed by atoms with Crippen molar-refractivity contribution in [3.63, 3.8) is 0 Å². The Balaban J connectivity index is 1.77. The number of carbonyl (C=O) groups excluding carboxylic acids is 3. The molecule has 0 spiro atoms. The lowest BCUT2D eigenvalue weighted by atomic mass is 9.91. The number of quaternary nitrogens is 1. The summed E-state index contributed by atoms with van der Waals surface area (Å²) in [6.45, 7) is 1.54. The third-order valence-corrected chi connectivity index (χ3v) is 7.16. The zero-order valence-electron chi connectivity index (χ0n) is 18.9. The molecule has 0 aromatic heterocycles. The fourth-order valence-corrected chi connectivity index (χ4v) is 5.56. The summed E-state index contributed by atoms with van der Waals surface area (Å²) in [7, 11) is 1.34. The van der Waals surface area contributed by atoms with E-state index >= 15 is 0 Å². The van der Waals surface area contributed by atoms with Gasteiger partial charge in [-0.15, -0.1) is 4.65 Å². The van der Waals surface area contributed by atoms with E-state index in [0.29, 0.717) is 51.1 Å². The molecule has 2 saturated heterocycles. The summed E-state index contributed by atoms with van der Waals surface area (Å²) in [6.07, 6.45) is 6.37. The third-order valence-electron chi connectivity index (χ3n) is 7.16. The average Bonchev–Trinajstić information content (AvgIpc) is 3.45. The van der Waals surface area contributed by atoms with Gasteiger partial charge in [0.05, 0.1) is 12.0 Å². The van der Waals surface area contributed by atoms with Crippen LogP contribution in [0.15, 0.2) is 0 Å². The lowest BCUT2D eigenvalue weighted by Crippen LogP contribution is -2.57. The zero-order chi connectivity index (χ0) is 23.3. The van der Waals surface area contributed by atoms with Crippen LogP contribution in [0.4, 0.5) is 4.79 Å². The van der Waals surface area contributed by atoms with Gasteiger partial charge in [-0.3, -0.25) is 9.59 Å². The summed E-state index contributed by atoms with van der Waals surface area (Å²) < 4.78 is -0.912. The van der Waals surface area contributed by atoms with Gasteiger partial charge in [-0.05, 0) is 44.6 Å². The van der Waals surface area contributed by atoms with Crippen LogP contribution in [-0.4, -0.2) is 94.4 Å². The molecule has 3 fully saturated rings. The Hall–Kier alpha value is -2.04. The molecule has 2 unspecified atom stereocenters. The van der Waals surface area contributed by atoms with Crippen molar-refractivity contribution in [1.29, 1.82) is 0 Å². The number of carbonyl (C=O) groups is 4. The molecule has 2 heterocycles. The minimum absolute atomic E-state index is 0.0502. The van der Waals surface area contributed by atoms with Crippen LogP contribution < -0.4 is 5.32 Å². The van der Waals surface area contributed by atoms with E-state index in [4.69, 9.17) is 0 Å². The SMILES string of the molecule is C[N+](O)(C=O)C[C@@H](CC1CCCC1)C(=O)N1CCC[C@H]1C(=O)N(C(=O)O)C1CCCNC1. The first-order chi connectivity index (χ1) is 15.2. The number of rotatable bonds is 8. The first-order valence-electron chi connectivity index (χ1n) is 11.8. The highest BCUT2D eigenvalue weighted by Gasteiger charge is 2.44. The maximum Gasteiger partial charge on any atom is 0.414 e. The van der Waals surface area contributed by atoms with Crippen molar-refractivity contribution in [2.45, 2.75) is 69.9 Å². The standard InChI is InChI=1S/C22H36N4O6/c1-26(32,15-27)14-17(12-16-6-2-3-7-16)20(28)24-11-5-9-19(24)21(29)25(22(30)31)18-8-4-10-23-13-18/h15-19,23,32H,2-14H2,1H3/p+1/t17-,18?,19+,26?/m1/s1. The van der Waals surface area contributed by atoms with Gasteiger partial charge in [-0.25, -0.2) is 19.7 Å². The molecule has 0 aromatic carbocycles. The molecule has 0 bridgehead atoms. The summed E-state index contributed by atoms with van der Waals surface area (Å²) in [5.74, 6) is -1.05. The lowest BCUT2D eigenvalue weighted by molar-refractivity contribution is -1.02. The minimum Gasteiger partial charge on any atom is -0.465 e. The van der Waals surface area contributed by atoms with E-state index in [1.54, 1.807) is 0 Å². The van der Waals surface area contributed by atoms with Crippen molar-refractivity contribution in [2.75, 3.05) is 33.2 Å². The number of hydrogen-bond donors (Lipinski definition) is 3. The van der Waals surface area contributed by atoms with Gasteiger partial charge in [-0.2, -0.15) is 0 Å². The van der Waals surface area contributed by atoms with E-state index in [-0.39, 0.29) is 12.5 Å². The fraction of sp³-hybridized carbons (Fsp3) is 0.818. The fourth-order valence-electron chi connectivity index (χ4n) is 5.56. The molecule has 3 N–H and O–H groups in total. The van der Waals surface area contributed by atoms with Gasteiger partial charge >= 0.3 is 12.5 Å². The van der Waals surface area contributed by atoms with E-state index in [1.807, 2.05) is 0 Å². The van der Waals surface area contributed by atoms with Crippen molar-refractivity contribution >= 4 is 24.3 Å². The molecule has 1 saturated carbocycles. The smallest absolute Gasteiger partial charge is 0.414 e. The highest BCUT2D eigenvalue weighted by Crippen LogP contribution is 2.33. The van der Waals surface area contributed by atoms with Crippen molar-refractivity contribution in [2.24, 2.45) is 11.8 Å². The maximum absolute atomic E-state index is 13.6. The number of hydrogen-bond acceptors (Lipinski definition) is 6. The van der Waals surface area contributed by atoms with E-state index < -0.39 is 34.6 Å². The largest absolute Gasteiger partial charge is 0.465 e. The summed E-state index contributed by atoms with van der Waals surface area (Å²) in [4.78, 5) is 52.6. The summed E-state index contributed by atoms with van der Waals surface area (Å²) in [5, 5.41) is 23.2. The maximum atomic E-state index is 13.6. The predicted molar refractivity (Wildman–Crippen MR) is 114 cm³/mol. The topological polar surface area (TPSA) is 127 Å². The summed E-state index contributed by atoms with van der Waals surface area (Å²) in [6, 6.07) is -1.26. The Labute approximate surface area is 189 Å². The van der Waals surface area contributed by atoms with E-state index in [0.717, 1.165) is 43.5 Å². The van der Waals surface area contributed by atoms with Crippen molar-refractivity contribution < 1.29 is 34.1 Å². The van der Waals surface area contributed by atoms with Crippen molar-refractivity contribution in [3.8, 4) is 0 Å². The Bertz CT molecular complexity index is 703. The number of piperidine rings is 1. The van der Waals surface area contributed by atoms with E-state index in [1.165, 1.54) is 11.9 Å². The van der Waals surface area contributed by atoms with Gasteiger partial charge in [0.15, 0.2) is 0 Å². The highest BCUT2D eigenvalue weighted by atomic mass is 16.6. The molecular weight excluding hydrogens is 416 g/mol. The molecule has 180 valence electrons. The van der Waals surface area contributed by atoms with Crippen LogP contribution in [-0.2, 0) is 14.4 Å². The molecule has 2 aliphatic heterocycles. The summed E-state index contributed by atoms with van der Waals surface area (Å²) >= 11 is 0. The Morgan fingerprint density at radius 1 is 1.16 bits per heavy atom. The van der Waals surface area contributed by atoms with Gasteiger partial charge in [0.2, 0.25) is 5.91 Å². The van der Waals surface area contributed by atoms with Crippen LogP contribution in [0.3, 0.4) is 0 Å². The number of hydroxylamine groups is 3. The molecule has 1 aliphatic carbocycles. The van der Waals surface area contributed by atoms with E-state index in [2.05, 4.69) is 5.32 Å². The second-order valence-corrected chi connectivity index (χ2v) is 9.77. The van der Waals surface area contributed by atoms with Crippen molar-refractivity contribution in [1.82, 2.24) is 15.1 Å². The van der Waals surface area contributed by atoms with Crippen LogP contribution in [0.25, 0.3) is 0 Å². The number of imide groups is 1. The Morgan fingerprint density at radius 2 is 1.88 bits per heavy atom. The normalized spacial score (nSPS) is 27.0. The predicted octanol–water partition coefficient (Wildman–Crippen LogP) is 1.42. The molecule has 0 aromatic rings. The second kappa shape index (κ2) is 10.7. The van der Waals surface area contributed by atoms with Gasteiger partial charge in [0.25, 0.3) is 5.91 Å². The van der Waals surface area contributed by atoms with E-state index in [9.17, 15) is 29.5 Å². The number of likely N-dealkylation sites (tertiary alicyclic amines) is 1. The number of nitrogens with one attached hydrogen (secondary N) is 1. The first kappa shape index (κ1) is 24.6. The molecule has 3 rings (SSSR count). The van der Waals surface area contributed by atoms with Crippen LogP contribution >= 0.6 is 0 Å². The molecule has 0 radical (unpaired) electrons. The number of amides is 4. The zero-order valence-corrected chi connectivity index (χ0v) is 18.9. The number of carboxylic acid groups (broad SMARTS) is 1. The Morgan fingerprint density at radius 3 is 2.47 bits per heavy atom. The Kier molecular flexibility index (Phi) is 8.24.